The number of thioether (sulfide) groups is 1. The van der Waals surface area contributed by atoms with Gasteiger partial charge in [-0.3, -0.25) is 9.69 Å². The number of hydrogen-bond donors (Lipinski definition) is 1. The van der Waals surface area contributed by atoms with Crippen molar-refractivity contribution in [3.05, 3.63) is 34.5 Å². The van der Waals surface area contributed by atoms with Crippen LogP contribution in [-0.4, -0.2) is 58.2 Å². The Hall–Kier alpha value is -1.86. The lowest BCUT2D eigenvalue weighted by molar-refractivity contribution is -0.113. The first-order valence-corrected chi connectivity index (χ1v) is 8.76. The maximum atomic E-state index is 13.3. The summed E-state index contributed by atoms with van der Waals surface area (Å²) in [4.78, 5) is 21.1. The number of aliphatic imine (C=N–C) groups is 1. The number of nitrogens with zero attached hydrogens (tertiary/aromatic N) is 3. The van der Waals surface area contributed by atoms with Crippen LogP contribution in [0, 0.1) is 5.82 Å². The Labute approximate surface area is 144 Å². The van der Waals surface area contributed by atoms with Crippen LogP contribution >= 0.6 is 11.8 Å². The fourth-order valence-corrected chi connectivity index (χ4v) is 3.70. The zero-order chi connectivity index (χ0) is 17.3. The molecule has 2 heterocycles. The van der Waals surface area contributed by atoms with E-state index in [0.29, 0.717) is 16.1 Å². The summed E-state index contributed by atoms with van der Waals surface area (Å²) in [5.41, 5.74) is 0.284. The second-order valence-corrected chi connectivity index (χ2v) is 7.14. The molecule has 1 amide bonds. The standard InChI is InChI=1S/C17H20FN3O2S/c1-11(2)20-5-7-21(8-6-20)17-19-16(23)15(24-17)10-12-9-13(18)3-4-14(12)22/h3-4,9-11,22H,5-8H2,1-2H3/b15-10-. The number of benzene rings is 1. The SMILES string of the molecule is CC(C)N1CCN(C2=NC(=O)/C(=C/c3cc(F)ccc3O)S2)CC1. The molecule has 0 unspecified atom stereocenters. The first-order chi connectivity index (χ1) is 11.4. The molecule has 2 aliphatic heterocycles. The highest BCUT2D eigenvalue weighted by Gasteiger charge is 2.29. The summed E-state index contributed by atoms with van der Waals surface area (Å²) in [5, 5.41) is 10.5. The molecule has 0 aliphatic carbocycles. The van der Waals surface area contributed by atoms with Gasteiger partial charge in [-0.15, -0.1) is 0 Å². The predicted octanol–water partition coefficient (Wildman–Crippen LogP) is 2.53. The zero-order valence-electron chi connectivity index (χ0n) is 13.7. The van der Waals surface area contributed by atoms with Crippen molar-refractivity contribution in [2.24, 2.45) is 4.99 Å². The molecule has 128 valence electrons. The topological polar surface area (TPSA) is 56.1 Å². The van der Waals surface area contributed by atoms with E-state index >= 15 is 0 Å². The minimum Gasteiger partial charge on any atom is -0.507 e. The van der Waals surface area contributed by atoms with Gasteiger partial charge in [0, 0.05) is 37.8 Å². The number of piperazine rings is 1. The number of hydrogen-bond acceptors (Lipinski definition) is 5. The number of aromatic hydroxyl groups is 1. The van der Waals surface area contributed by atoms with Gasteiger partial charge < -0.3 is 10.0 Å². The van der Waals surface area contributed by atoms with Crippen molar-refractivity contribution >= 4 is 28.9 Å². The number of rotatable bonds is 2. The van der Waals surface area contributed by atoms with E-state index in [2.05, 4.69) is 28.6 Å². The number of carbonyl (C=O) groups excluding carboxylic acids is 1. The first-order valence-electron chi connectivity index (χ1n) is 7.94. The van der Waals surface area contributed by atoms with Crippen molar-refractivity contribution in [1.82, 2.24) is 9.80 Å². The third kappa shape index (κ3) is 3.62. The van der Waals surface area contributed by atoms with E-state index in [1.165, 1.54) is 36.0 Å². The Bertz CT molecular complexity index is 710. The van der Waals surface area contributed by atoms with Crippen LogP contribution in [0.25, 0.3) is 6.08 Å². The maximum absolute atomic E-state index is 13.3. The van der Waals surface area contributed by atoms with Crippen LogP contribution in [0.1, 0.15) is 19.4 Å². The summed E-state index contributed by atoms with van der Waals surface area (Å²) in [6.45, 7) is 7.89. The van der Waals surface area contributed by atoms with Crippen LogP contribution in [-0.2, 0) is 4.79 Å². The minimum absolute atomic E-state index is 0.0590. The Morgan fingerprint density at radius 2 is 2.00 bits per heavy atom. The molecular weight excluding hydrogens is 329 g/mol. The molecule has 7 heteroatoms. The molecule has 0 radical (unpaired) electrons. The van der Waals surface area contributed by atoms with Gasteiger partial charge in [-0.05, 0) is 49.9 Å². The molecule has 0 aromatic heterocycles. The fourth-order valence-electron chi connectivity index (χ4n) is 2.75. The summed E-state index contributed by atoms with van der Waals surface area (Å²) < 4.78 is 13.3. The van der Waals surface area contributed by atoms with E-state index in [0.717, 1.165) is 26.2 Å². The molecule has 2 aliphatic rings. The van der Waals surface area contributed by atoms with Crippen LogP contribution in [0.15, 0.2) is 28.1 Å². The molecule has 0 spiro atoms. The first kappa shape index (κ1) is 17.0. The molecule has 1 aromatic carbocycles. The van der Waals surface area contributed by atoms with E-state index in [1.54, 1.807) is 0 Å². The van der Waals surface area contributed by atoms with E-state index in [1.807, 2.05) is 0 Å². The fraction of sp³-hybridized carbons (Fsp3) is 0.412. The van der Waals surface area contributed by atoms with Gasteiger partial charge in [0.05, 0.1) is 4.91 Å². The maximum Gasteiger partial charge on any atom is 0.286 e. The van der Waals surface area contributed by atoms with Crippen molar-refractivity contribution in [1.29, 1.82) is 0 Å². The quantitative estimate of drug-likeness (QED) is 0.832. The van der Waals surface area contributed by atoms with Crippen LogP contribution in [0.3, 0.4) is 0 Å². The van der Waals surface area contributed by atoms with Crippen molar-refractivity contribution in [3.63, 3.8) is 0 Å². The molecule has 0 saturated carbocycles. The molecule has 24 heavy (non-hydrogen) atoms. The predicted molar refractivity (Wildman–Crippen MR) is 94.4 cm³/mol. The summed E-state index contributed by atoms with van der Waals surface area (Å²) >= 11 is 1.28. The smallest absolute Gasteiger partial charge is 0.286 e. The van der Waals surface area contributed by atoms with Gasteiger partial charge in [-0.2, -0.15) is 4.99 Å². The van der Waals surface area contributed by atoms with E-state index in [4.69, 9.17) is 0 Å². The number of phenolic OH excluding ortho intramolecular Hbond substituents is 1. The van der Waals surface area contributed by atoms with Gasteiger partial charge in [-0.25, -0.2) is 4.39 Å². The lowest BCUT2D eigenvalue weighted by Crippen LogP contribution is -2.49. The molecule has 5 nitrogen and oxygen atoms in total. The summed E-state index contributed by atoms with van der Waals surface area (Å²) in [6, 6.07) is 4.17. The van der Waals surface area contributed by atoms with Crippen molar-refractivity contribution in [2.45, 2.75) is 19.9 Å². The van der Waals surface area contributed by atoms with E-state index in [-0.39, 0.29) is 17.2 Å². The minimum atomic E-state index is -0.457. The Morgan fingerprint density at radius 1 is 1.29 bits per heavy atom. The molecule has 0 bridgehead atoms. The highest BCUT2D eigenvalue weighted by atomic mass is 32.2. The number of phenols is 1. The lowest BCUT2D eigenvalue weighted by atomic mass is 10.2. The molecule has 1 fully saturated rings. The second kappa shape index (κ2) is 6.94. The highest BCUT2D eigenvalue weighted by molar-refractivity contribution is 8.18. The summed E-state index contributed by atoms with van der Waals surface area (Å²) in [6.07, 6.45) is 1.49. The van der Waals surface area contributed by atoms with Crippen molar-refractivity contribution in [2.75, 3.05) is 26.2 Å². The summed E-state index contributed by atoms with van der Waals surface area (Å²) in [7, 11) is 0. The van der Waals surface area contributed by atoms with Crippen LogP contribution in [0.4, 0.5) is 4.39 Å². The average molecular weight is 349 g/mol. The van der Waals surface area contributed by atoms with Crippen molar-refractivity contribution < 1.29 is 14.3 Å². The van der Waals surface area contributed by atoms with Crippen LogP contribution in [0.2, 0.25) is 0 Å². The molecule has 3 rings (SSSR count). The number of halogens is 1. The summed E-state index contributed by atoms with van der Waals surface area (Å²) in [5.74, 6) is -0.859. The van der Waals surface area contributed by atoms with Gasteiger partial charge in [0.2, 0.25) is 0 Å². The highest BCUT2D eigenvalue weighted by Crippen LogP contribution is 2.32. The molecule has 1 N–H and O–H groups in total. The molecular formula is C17H20FN3O2S. The van der Waals surface area contributed by atoms with E-state index in [9.17, 15) is 14.3 Å². The van der Waals surface area contributed by atoms with Crippen LogP contribution in [0.5, 0.6) is 5.75 Å². The Kier molecular flexibility index (Phi) is 4.91. The molecule has 1 aromatic rings. The van der Waals surface area contributed by atoms with Gasteiger partial charge in [-0.1, -0.05) is 0 Å². The average Bonchev–Trinajstić information content (AvgIpc) is 2.92. The Balaban J connectivity index is 1.70. The second-order valence-electron chi connectivity index (χ2n) is 6.13. The third-order valence-electron chi connectivity index (χ3n) is 4.20. The number of amides is 1. The third-order valence-corrected chi connectivity index (χ3v) is 5.24. The van der Waals surface area contributed by atoms with Crippen molar-refractivity contribution in [3.8, 4) is 5.75 Å². The Morgan fingerprint density at radius 3 is 2.67 bits per heavy atom. The molecule has 1 saturated heterocycles. The van der Waals surface area contributed by atoms with Gasteiger partial charge in [0.15, 0.2) is 5.17 Å². The number of carbonyl (C=O) groups is 1. The zero-order valence-corrected chi connectivity index (χ0v) is 14.5. The largest absolute Gasteiger partial charge is 0.507 e. The normalized spacial score (nSPS) is 21.0. The lowest BCUT2D eigenvalue weighted by Gasteiger charge is -2.37. The van der Waals surface area contributed by atoms with Gasteiger partial charge in [0.25, 0.3) is 5.91 Å². The van der Waals surface area contributed by atoms with Gasteiger partial charge >= 0.3 is 0 Å². The number of amidine groups is 1. The van der Waals surface area contributed by atoms with Crippen LogP contribution < -0.4 is 0 Å². The monoisotopic (exact) mass is 349 g/mol. The molecule has 0 atom stereocenters. The van der Waals surface area contributed by atoms with E-state index < -0.39 is 5.82 Å². The van der Waals surface area contributed by atoms with Gasteiger partial charge in [0.1, 0.15) is 11.6 Å².